The van der Waals surface area contributed by atoms with Crippen molar-refractivity contribution in [2.75, 3.05) is 10.5 Å². The Balaban J connectivity index is 2.55. The van der Waals surface area contributed by atoms with Crippen molar-refractivity contribution in [3.63, 3.8) is 0 Å². The second-order valence-electron chi connectivity index (χ2n) is 5.77. The molecular formula is C14H20N4O2S. The molecule has 2 aromatic heterocycles. The summed E-state index contributed by atoms with van der Waals surface area (Å²) >= 11 is 0. The summed E-state index contributed by atoms with van der Waals surface area (Å²) in [5.74, 6) is 0.980. The molecule has 0 aliphatic heterocycles. The first-order valence-corrected chi connectivity index (χ1v) is 8.40. The molecule has 2 heterocycles. The van der Waals surface area contributed by atoms with Gasteiger partial charge in [0.25, 0.3) is 0 Å². The average molecular weight is 308 g/mol. The predicted molar refractivity (Wildman–Crippen MR) is 83.1 cm³/mol. The van der Waals surface area contributed by atoms with E-state index in [1.54, 1.807) is 31.3 Å². The molecule has 114 valence electrons. The number of sulfonamides is 1. The molecule has 0 saturated heterocycles. The Morgan fingerprint density at radius 2 is 2.00 bits per heavy atom. The molecule has 0 bridgehead atoms. The maximum absolute atomic E-state index is 11.8. The first-order chi connectivity index (χ1) is 9.73. The Kier molecular flexibility index (Phi) is 4.04. The minimum absolute atomic E-state index is 0.00521. The normalized spacial score (nSPS) is 12.4. The van der Waals surface area contributed by atoms with Crippen LogP contribution in [0.25, 0.3) is 5.82 Å². The lowest BCUT2D eigenvalue weighted by Crippen LogP contribution is -2.17. The van der Waals surface area contributed by atoms with Gasteiger partial charge in [-0.25, -0.2) is 13.4 Å². The quantitative estimate of drug-likeness (QED) is 0.940. The number of nitrogens with zero attached hydrogens (tertiary/aromatic N) is 3. The highest BCUT2D eigenvalue weighted by atomic mass is 32.2. The molecule has 0 saturated carbocycles. The van der Waals surface area contributed by atoms with Crippen LogP contribution in [-0.4, -0.2) is 28.9 Å². The van der Waals surface area contributed by atoms with E-state index in [4.69, 9.17) is 0 Å². The molecule has 6 nitrogen and oxygen atoms in total. The molecule has 0 unspecified atom stereocenters. The van der Waals surface area contributed by atoms with Crippen LogP contribution in [0.1, 0.15) is 33.4 Å². The smallest absolute Gasteiger partial charge is 0.233 e. The monoisotopic (exact) mass is 308 g/mol. The van der Waals surface area contributed by atoms with E-state index in [-0.39, 0.29) is 11.2 Å². The molecule has 21 heavy (non-hydrogen) atoms. The Hall–Kier alpha value is -1.89. The van der Waals surface area contributed by atoms with Gasteiger partial charge in [-0.2, -0.15) is 9.78 Å². The van der Waals surface area contributed by atoms with Crippen molar-refractivity contribution >= 4 is 15.8 Å². The summed E-state index contributed by atoms with van der Waals surface area (Å²) in [6.45, 7) is 7.66. The van der Waals surface area contributed by atoms with Crippen LogP contribution in [0.3, 0.4) is 0 Å². The summed E-state index contributed by atoms with van der Waals surface area (Å²) in [4.78, 5) is 4.23. The van der Waals surface area contributed by atoms with Crippen molar-refractivity contribution in [1.29, 1.82) is 0 Å². The van der Waals surface area contributed by atoms with Crippen LogP contribution in [0.15, 0.2) is 30.5 Å². The van der Waals surface area contributed by atoms with Crippen molar-refractivity contribution in [2.24, 2.45) is 0 Å². The molecule has 2 rings (SSSR count). The van der Waals surface area contributed by atoms with Crippen molar-refractivity contribution in [3.8, 4) is 5.82 Å². The molecule has 1 N–H and O–H groups in total. The molecule has 0 aliphatic carbocycles. The van der Waals surface area contributed by atoms with Crippen LogP contribution in [-0.2, 0) is 15.4 Å². The second kappa shape index (κ2) is 5.48. The van der Waals surface area contributed by atoms with E-state index >= 15 is 0 Å². The topological polar surface area (TPSA) is 76.9 Å². The Morgan fingerprint density at radius 1 is 1.29 bits per heavy atom. The molecule has 0 amide bonds. The molecule has 7 heteroatoms. The SMILES string of the molecule is CCS(=O)(=O)Nc1cc(C(C)(C)C)nn1-c1ccccn1. The lowest BCUT2D eigenvalue weighted by Gasteiger charge is -2.13. The highest BCUT2D eigenvalue weighted by molar-refractivity contribution is 7.92. The van der Waals surface area contributed by atoms with E-state index < -0.39 is 10.0 Å². The van der Waals surface area contributed by atoms with Gasteiger partial charge in [-0.05, 0) is 19.1 Å². The summed E-state index contributed by atoms with van der Waals surface area (Å²) in [6.07, 6.45) is 1.64. The zero-order valence-electron chi connectivity index (χ0n) is 12.7. The summed E-state index contributed by atoms with van der Waals surface area (Å²) < 4.78 is 27.8. The van der Waals surface area contributed by atoms with Gasteiger partial charge in [-0.1, -0.05) is 26.8 Å². The number of rotatable bonds is 4. The van der Waals surface area contributed by atoms with Gasteiger partial charge >= 0.3 is 0 Å². The predicted octanol–water partition coefficient (Wildman–Crippen LogP) is 2.33. The summed E-state index contributed by atoms with van der Waals surface area (Å²) in [6, 6.07) is 7.16. The van der Waals surface area contributed by atoms with Crippen molar-refractivity contribution in [2.45, 2.75) is 33.1 Å². The van der Waals surface area contributed by atoms with Crippen LogP contribution in [0.4, 0.5) is 5.82 Å². The summed E-state index contributed by atoms with van der Waals surface area (Å²) in [7, 11) is -3.37. The highest BCUT2D eigenvalue weighted by Gasteiger charge is 2.22. The third-order valence-corrected chi connectivity index (χ3v) is 4.26. The van der Waals surface area contributed by atoms with Gasteiger partial charge in [0, 0.05) is 17.7 Å². The lowest BCUT2D eigenvalue weighted by molar-refractivity contribution is 0.559. The van der Waals surface area contributed by atoms with Gasteiger partial charge in [0.05, 0.1) is 11.4 Å². The zero-order chi connectivity index (χ0) is 15.7. The molecular weight excluding hydrogens is 288 g/mol. The van der Waals surface area contributed by atoms with E-state index in [1.807, 2.05) is 26.8 Å². The molecule has 0 atom stereocenters. The van der Waals surface area contributed by atoms with Crippen molar-refractivity contribution in [3.05, 3.63) is 36.2 Å². The fourth-order valence-corrected chi connectivity index (χ4v) is 2.31. The van der Waals surface area contributed by atoms with E-state index in [2.05, 4.69) is 14.8 Å². The molecule has 0 radical (unpaired) electrons. The number of hydrogen-bond acceptors (Lipinski definition) is 4. The highest BCUT2D eigenvalue weighted by Crippen LogP contribution is 2.26. The minimum Gasteiger partial charge on any atom is -0.267 e. The number of hydrogen-bond donors (Lipinski definition) is 1. The van der Waals surface area contributed by atoms with Crippen LogP contribution in [0.2, 0.25) is 0 Å². The molecule has 2 aromatic rings. The van der Waals surface area contributed by atoms with E-state index in [1.165, 1.54) is 4.68 Å². The van der Waals surface area contributed by atoms with Crippen molar-refractivity contribution in [1.82, 2.24) is 14.8 Å². The summed E-state index contributed by atoms with van der Waals surface area (Å²) in [5.41, 5.74) is 0.605. The Morgan fingerprint density at radius 3 is 2.52 bits per heavy atom. The minimum atomic E-state index is -3.37. The Bertz CT molecular complexity index is 715. The second-order valence-corrected chi connectivity index (χ2v) is 7.78. The van der Waals surface area contributed by atoms with Crippen LogP contribution < -0.4 is 4.72 Å². The Labute approximate surface area is 125 Å². The molecule has 0 fully saturated rings. The van der Waals surface area contributed by atoms with Gasteiger partial charge in [0.15, 0.2) is 5.82 Å². The van der Waals surface area contributed by atoms with Crippen LogP contribution in [0, 0.1) is 0 Å². The largest absolute Gasteiger partial charge is 0.267 e. The lowest BCUT2D eigenvalue weighted by atomic mass is 9.92. The number of pyridine rings is 1. The summed E-state index contributed by atoms with van der Waals surface area (Å²) in [5, 5.41) is 4.50. The molecule has 0 spiro atoms. The maximum atomic E-state index is 11.8. The number of anilines is 1. The fraction of sp³-hybridized carbons (Fsp3) is 0.429. The number of aromatic nitrogens is 3. The van der Waals surface area contributed by atoms with E-state index in [0.717, 1.165) is 5.69 Å². The first kappa shape index (κ1) is 15.5. The van der Waals surface area contributed by atoms with Gasteiger partial charge in [0.1, 0.15) is 5.82 Å². The average Bonchev–Trinajstić information content (AvgIpc) is 2.83. The van der Waals surface area contributed by atoms with E-state index in [9.17, 15) is 8.42 Å². The van der Waals surface area contributed by atoms with Crippen molar-refractivity contribution < 1.29 is 8.42 Å². The third kappa shape index (κ3) is 3.60. The van der Waals surface area contributed by atoms with Gasteiger partial charge in [-0.15, -0.1) is 0 Å². The zero-order valence-corrected chi connectivity index (χ0v) is 13.5. The third-order valence-electron chi connectivity index (χ3n) is 2.98. The van der Waals surface area contributed by atoms with Gasteiger partial charge in [0.2, 0.25) is 10.0 Å². The maximum Gasteiger partial charge on any atom is 0.233 e. The van der Waals surface area contributed by atoms with E-state index in [0.29, 0.717) is 11.6 Å². The van der Waals surface area contributed by atoms with Gasteiger partial charge in [-0.3, -0.25) is 4.72 Å². The molecule has 0 aromatic carbocycles. The standard InChI is InChI=1S/C14H20N4O2S/c1-5-21(19,20)17-13-10-11(14(2,3)4)16-18(13)12-8-6-7-9-15-12/h6-10,17H,5H2,1-4H3. The van der Waals surface area contributed by atoms with Crippen LogP contribution in [0.5, 0.6) is 0 Å². The first-order valence-electron chi connectivity index (χ1n) is 6.75. The molecule has 0 aliphatic rings. The number of nitrogens with one attached hydrogen (secondary N) is 1. The fourth-order valence-electron chi connectivity index (χ4n) is 1.71. The van der Waals surface area contributed by atoms with Crippen LogP contribution >= 0.6 is 0 Å². The van der Waals surface area contributed by atoms with Gasteiger partial charge < -0.3 is 0 Å².